The predicted molar refractivity (Wildman–Crippen MR) is 108 cm³/mol. The van der Waals surface area contributed by atoms with Gasteiger partial charge in [0, 0.05) is 10.9 Å². The van der Waals surface area contributed by atoms with Crippen LogP contribution in [0, 0.1) is 6.92 Å². The van der Waals surface area contributed by atoms with E-state index in [1.807, 2.05) is 37.4 Å². The lowest BCUT2D eigenvalue weighted by atomic mass is 10.1. The van der Waals surface area contributed by atoms with Crippen LogP contribution in [0.15, 0.2) is 35.7 Å². The van der Waals surface area contributed by atoms with E-state index in [9.17, 15) is 13.2 Å². The summed E-state index contributed by atoms with van der Waals surface area (Å²) in [5.41, 5.74) is 1.61. The van der Waals surface area contributed by atoms with Crippen molar-refractivity contribution in [2.75, 3.05) is 18.1 Å². The minimum atomic E-state index is -3.09. The van der Waals surface area contributed by atoms with Crippen LogP contribution in [0.4, 0.5) is 0 Å². The van der Waals surface area contributed by atoms with Crippen molar-refractivity contribution in [2.45, 2.75) is 39.3 Å². The van der Waals surface area contributed by atoms with Gasteiger partial charge in [-0.05, 0) is 48.9 Å². The molecule has 1 aromatic carbocycles. The molecule has 1 atom stereocenters. The third-order valence-electron chi connectivity index (χ3n) is 4.77. The molecule has 0 spiro atoms. The van der Waals surface area contributed by atoms with E-state index < -0.39 is 9.84 Å². The molecule has 0 aliphatic carbocycles. The van der Waals surface area contributed by atoms with Crippen molar-refractivity contribution in [3.05, 3.63) is 51.7 Å². The lowest BCUT2D eigenvalue weighted by Crippen LogP contribution is -2.40. The molecule has 2 heterocycles. The van der Waals surface area contributed by atoms with E-state index in [4.69, 9.17) is 4.74 Å². The maximum Gasteiger partial charge on any atom is 0.258 e. The van der Waals surface area contributed by atoms with Gasteiger partial charge in [-0.15, -0.1) is 11.3 Å². The van der Waals surface area contributed by atoms with Crippen LogP contribution in [-0.4, -0.2) is 43.4 Å². The van der Waals surface area contributed by atoms with E-state index in [1.54, 1.807) is 28.4 Å². The van der Waals surface area contributed by atoms with Gasteiger partial charge in [0.25, 0.3) is 5.91 Å². The van der Waals surface area contributed by atoms with Gasteiger partial charge in [-0.2, -0.15) is 0 Å². The molecular weight excluding hydrogens is 382 g/mol. The highest BCUT2D eigenvalue weighted by Gasteiger charge is 2.36. The first-order chi connectivity index (χ1) is 12.9. The number of benzene rings is 1. The van der Waals surface area contributed by atoms with Crippen LogP contribution in [0.25, 0.3) is 0 Å². The van der Waals surface area contributed by atoms with Crippen molar-refractivity contribution < 1.29 is 17.9 Å². The van der Waals surface area contributed by atoms with Gasteiger partial charge < -0.3 is 9.64 Å². The number of sulfone groups is 1. The fourth-order valence-corrected chi connectivity index (χ4v) is 5.88. The van der Waals surface area contributed by atoms with E-state index in [1.165, 1.54) is 0 Å². The molecule has 5 nitrogen and oxygen atoms in total. The second-order valence-electron chi connectivity index (χ2n) is 6.86. The van der Waals surface area contributed by atoms with Crippen LogP contribution in [-0.2, 0) is 16.4 Å². The number of carbonyl (C=O) groups excluding carboxylic acids is 1. The van der Waals surface area contributed by atoms with Crippen molar-refractivity contribution in [3.63, 3.8) is 0 Å². The van der Waals surface area contributed by atoms with Gasteiger partial charge in [0.15, 0.2) is 9.84 Å². The topological polar surface area (TPSA) is 63.7 Å². The largest absolute Gasteiger partial charge is 0.493 e. The van der Waals surface area contributed by atoms with Gasteiger partial charge in [0.1, 0.15) is 5.75 Å². The van der Waals surface area contributed by atoms with Gasteiger partial charge in [-0.1, -0.05) is 19.1 Å². The quantitative estimate of drug-likeness (QED) is 0.702. The average molecular weight is 408 g/mol. The molecule has 1 saturated heterocycles. The number of carbonyl (C=O) groups is 1. The van der Waals surface area contributed by atoms with Gasteiger partial charge in [0.2, 0.25) is 0 Å². The summed E-state index contributed by atoms with van der Waals surface area (Å²) >= 11 is 1.59. The Kier molecular flexibility index (Phi) is 6.22. The van der Waals surface area contributed by atoms with Crippen LogP contribution in [0.1, 0.15) is 40.6 Å². The number of ether oxygens (including phenoxy) is 1. The third kappa shape index (κ3) is 4.71. The standard InChI is InChI=1S/C20H25NO4S2/c1-3-10-25-18-7-5-4-6-17(18)20(22)21(13-19-15(2)8-11-26-19)16-9-12-27(23,24)14-16/h4-8,11,16H,3,9-10,12-14H2,1-2H3/t16-/m1/s1. The Morgan fingerprint density at radius 3 is 2.70 bits per heavy atom. The van der Waals surface area contributed by atoms with E-state index in [-0.39, 0.29) is 23.5 Å². The van der Waals surface area contributed by atoms with Gasteiger partial charge in [-0.3, -0.25) is 4.79 Å². The highest BCUT2D eigenvalue weighted by molar-refractivity contribution is 7.91. The molecule has 0 radical (unpaired) electrons. The average Bonchev–Trinajstić information content (AvgIpc) is 3.22. The molecule has 146 valence electrons. The highest BCUT2D eigenvalue weighted by Crippen LogP contribution is 2.28. The number of aryl methyl sites for hydroxylation is 1. The molecule has 2 aromatic rings. The molecule has 1 fully saturated rings. The summed E-state index contributed by atoms with van der Waals surface area (Å²) in [5.74, 6) is 0.551. The molecule has 27 heavy (non-hydrogen) atoms. The summed E-state index contributed by atoms with van der Waals surface area (Å²) in [6.45, 7) is 4.98. The molecule has 0 N–H and O–H groups in total. The van der Waals surface area contributed by atoms with E-state index in [0.29, 0.717) is 30.9 Å². The smallest absolute Gasteiger partial charge is 0.258 e. The summed E-state index contributed by atoms with van der Waals surface area (Å²) < 4.78 is 29.8. The van der Waals surface area contributed by atoms with Crippen LogP contribution in [0.3, 0.4) is 0 Å². The SMILES string of the molecule is CCCOc1ccccc1C(=O)N(Cc1sccc1C)[C@@H]1CCS(=O)(=O)C1. The predicted octanol–water partition coefficient (Wildman–Crippen LogP) is 3.67. The highest BCUT2D eigenvalue weighted by atomic mass is 32.2. The summed E-state index contributed by atoms with van der Waals surface area (Å²) in [4.78, 5) is 16.2. The Morgan fingerprint density at radius 2 is 2.07 bits per heavy atom. The zero-order chi connectivity index (χ0) is 19.4. The molecule has 3 rings (SSSR count). The summed E-state index contributed by atoms with van der Waals surface area (Å²) in [6.07, 6.45) is 1.33. The lowest BCUT2D eigenvalue weighted by molar-refractivity contribution is 0.0678. The first-order valence-corrected chi connectivity index (χ1v) is 11.9. The van der Waals surface area contributed by atoms with Crippen molar-refractivity contribution >= 4 is 27.1 Å². The van der Waals surface area contributed by atoms with Crippen LogP contribution < -0.4 is 4.74 Å². The molecule has 1 amide bonds. The van der Waals surface area contributed by atoms with E-state index >= 15 is 0 Å². The summed E-state index contributed by atoms with van der Waals surface area (Å²) in [5, 5.41) is 2.00. The zero-order valence-electron chi connectivity index (χ0n) is 15.7. The van der Waals surface area contributed by atoms with Crippen molar-refractivity contribution in [2.24, 2.45) is 0 Å². The second-order valence-corrected chi connectivity index (χ2v) is 10.1. The summed E-state index contributed by atoms with van der Waals surface area (Å²) in [7, 11) is -3.09. The molecule has 0 saturated carbocycles. The number of hydrogen-bond acceptors (Lipinski definition) is 5. The van der Waals surface area contributed by atoms with Crippen LogP contribution in [0.2, 0.25) is 0 Å². The molecule has 0 bridgehead atoms. The normalized spacial score (nSPS) is 18.4. The zero-order valence-corrected chi connectivity index (χ0v) is 17.3. The fourth-order valence-electron chi connectivity index (χ4n) is 3.24. The van der Waals surface area contributed by atoms with Crippen molar-refractivity contribution in [1.29, 1.82) is 0 Å². The maximum atomic E-state index is 13.4. The third-order valence-corrected chi connectivity index (χ3v) is 7.53. The Morgan fingerprint density at radius 1 is 1.30 bits per heavy atom. The first kappa shape index (κ1) is 19.9. The van der Waals surface area contributed by atoms with Crippen LogP contribution >= 0.6 is 11.3 Å². The number of amides is 1. The second kappa shape index (κ2) is 8.44. The Balaban J connectivity index is 1.93. The summed E-state index contributed by atoms with van der Waals surface area (Å²) in [6, 6.07) is 8.92. The molecule has 1 aromatic heterocycles. The minimum Gasteiger partial charge on any atom is -0.493 e. The fraction of sp³-hybridized carbons (Fsp3) is 0.450. The maximum absolute atomic E-state index is 13.4. The monoisotopic (exact) mass is 407 g/mol. The molecule has 1 aliphatic heterocycles. The number of rotatable bonds is 7. The Hall–Kier alpha value is -1.86. The van der Waals surface area contributed by atoms with Gasteiger partial charge >= 0.3 is 0 Å². The van der Waals surface area contributed by atoms with Crippen molar-refractivity contribution in [1.82, 2.24) is 4.90 Å². The number of nitrogens with zero attached hydrogens (tertiary/aromatic N) is 1. The van der Waals surface area contributed by atoms with E-state index in [0.717, 1.165) is 16.9 Å². The Bertz CT molecular complexity index is 904. The Labute approximate surface area is 164 Å². The van der Waals surface area contributed by atoms with Crippen LogP contribution in [0.5, 0.6) is 5.75 Å². The van der Waals surface area contributed by atoms with Gasteiger partial charge in [-0.25, -0.2) is 8.42 Å². The van der Waals surface area contributed by atoms with Gasteiger partial charge in [0.05, 0.1) is 30.2 Å². The van der Waals surface area contributed by atoms with E-state index in [2.05, 4.69) is 0 Å². The molecule has 1 aliphatic rings. The molecule has 7 heteroatoms. The minimum absolute atomic E-state index is 0.0289. The molecular formula is C20H25NO4S2. The number of hydrogen-bond donors (Lipinski definition) is 0. The van der Waals surface area contributed by atoms with Crippen molar-refractivity contribution in [3.8, 4) is 5.75 Å². The number of thiophene rings is 1. The molecule has 0 unspecified atom stereocenters. The number of para-hydroxylation sites is 1. The first-order valence-electron chi connectivity index (χ1n) is 9.17. The lowest BCUT2D eigenvalue weighted by Gasteiger charge is -2.29.